The van der Waals surface area contributed by atoms with Crippen molar-refractivity contribution in [1.82, 2.24) is 5.32 Å². The summed E-state index contributed by atoms with van der Waals surface area (Å²) in [7, 11) is 0. The first-order valence-electron chi connectivity index (χ1n) is 6.75. The Bertz CT molecular complexity index is 558. The van der Waals surface area contributed by atoms with Crippen LogP contribution in [-0.4, -0.2) is 29.2 Å². The molecule has 3 N–H and O–H groups in total. The fraction of sp³-hybridized carbons (Fsp3) is 0.500. The van der Waals surface area contributed by atoms with Crippen LogP contribution in [0.2, 0.25) is 5.02 Å². The van der Waals surface area contributed by atoms with E-state index in [0.29, 0.717) is 10.6 Å². The molecule has 0 aliphatic heterocycles. The summed E-state index contributed by atoms with van der Waals surface area (Å²) in [5, 5.41) is 14.0. The number of nitrogens with zero attached hydrogens (tertiary/aromatic N) is 1. The normalized spacial score (nSPS) is 12.6. The molecule has 0 aliphatic rings. The molecule has 1 amide bonds. The molecule has 1 aromatic carbocycles. The lowest BCUT2D eigenvalue weighted by Crippen LogP contribution is -2.44. The summed E-state index contributed by atoms with van der Waals surface area (Å²) < 4.78 is 5.14. The first kappa shape index (κ1) is 18.2. The first-order chi connectivity index (χ1) is 10.1. The van der Waals surface area contributed by atoms with Crippen LogP contribution >= 0.6 is 11.6 Å². The lowest BCUT2D eigenvalue weighted by atomic mass is 10.0. The molecule has 22 heavy (non-hydrogen) atoms. The minimum Gasteiger partial charge on any atom is -0.444 e. The van der Waals surface area contributed by atoms with Crippen LogP contribution in [0, 0.1) is 10.1 Å². The second-order valence-electron chi connectivity index (χ2n) is 5.81. The maximum absolute atomic E-state index is 11.8. The molecule has 1 aromatic rings. The third-order valence-electron chi connectivity index (χ3n) is 2.71. The minimum atomic E-state index is -0.634. The molecular formula is C14H20ClN3O4. The summed E-state index contributed by atoms with van der Waals surface area (Å²) >= 11 is 5.88. The monoisotopic (exact) mass is 329 g/mol. The van der Waals surface area contributed by atoms with Crippen LogP contribution < -0.4 is 11.1 Å². The van der Waals surface area contributed by atoms with Gasteiger partial charge in [0.05, 0.1) is 4.92 Å². The number of nitro groups is 1. The van der Waals surface area contributed by atoms with Gasteiger partial charge in [0.25, 0.3) is 5.69 Å². The van der Waals surface area contributed by atoms with Gasteiger partial charge in [0, 0.05) is 35.7 Å². The molecule has 1 rings (SSSR count). The van der Waals surface area contributed by atoms with Crippen molar-refractivity contribution in [3.63, 3.8) is 0 Å². The van der Waals surface area contributed by atoms with Gasteiger partial charge < -0.3 is 15.8 Å². The number of halogens is 1. The van der Waals surface area contributed by atoms with Gasteiger partial charge in [-0.2, -0.15) is 0 Å². The molecule has 1 atom stereocenters. The fourth-order valence-electron chi connectivity index (χ4n) is 1.83. The lowest BCUT2D eigenvalue weighted by molar-refractivity contribution is -0.385. The van der Waals surface area contributed by atoms with Gasteiger partial charge in [-0.25, -0.2) is 4.79 Å². The molecule has 0 saturated heterocycles. The summed E-state index contributed by atoms with van der Waals surface area (Å²) in [6.45, 7) is 5.34. The molecule has 0 heterocycles. The molecular weight excluding hydrogens is 310 g/mol. The van der Waals surface area contributed by atoms with Crippen LogP contribution in [0.3, 0.4) is 0 Å². The number of benzene rings is 1. The second kappa shape index (κ2) is 7.42. The van der Waals surface area contributed by atoms with Gasteiger partial charge in [-0.05, 0) is 32.9 Å². The van der Waals surface area contributed by atoms with E-state index < -0.39 is 22.7 Å². The number of ether oxygens (including phenoxy) is 1. The number of alkyl carbamates (subject to hydrolysis) is 1. The Morgan fingerprint density at radius 3 is 2.64 bits per heavy atom. The van der Waals surface area contributed by atoms with E-state index in [4.69, 9.17) is 22.1 Å². The number of nitrogens with one attached hydrogen (secondary N) is 1. The van der Waals surface area contributed by atoms with Crippen molar-refractivity contribution in [1.29, 1.82) is 0 Å². The molecule has 0 bridgehead atoms. The summed E-state index contributed by atoms with van der Waals surface area (Å²) in [6.07, 6.45) is -0.431. The van der Waals surface area contributed by atoms with Crippen LogP contribution in [0.15, 0.2) is 18.2 Å². The van der Waals surface area contributed by atoms with Gasteiger partial charge in [0.15, 0.2) is 0 Å². The highest BCUT2D eigenvalue weighted by atomic mass is 35.5. The van der Waals surface area contributed by atoms with Gasteiger partial charge in [-0.3, -0.25) is 10.1 Å². The molecule has 122 valence electrons. The van der Waals surface area contributed by atoms with Crippen LogP contribution in [0.1, 0.15) is 26.3 Å². The van der Waals surface area contributed by atoms with Crippen molar-refractivity contribution in [2.24, 2.45) is 5.73 Å². The molecule has 1 unspecified atom stereocenters. The highest BCUT2D eigenvalue weighted by molar-refractivity contribution is 6.30. The lowest BCUT2D eigenvalue weighted by Gasteiger charge is -2.23. The zero-order valence-corrected chi connectivity index (χ0v) is 13.5. The van der Waals surface area contributed by atoms with E-state index in [-0.39, 0.29) is 18.7 Å². The third kappa shape index (κ3) is 5.87. The molecule has 0 radical (unpaired) electrons. The van der Waals surface area contributed by atoms with Crippen LogP contribution in [0.4, 0.5) is 10.5 Å². The Morgan fingerprint density at radius 2 is 2.14 bits per heavy atom. The number of hydrogen-bond acceptors (Lipinski definition) is 5. The highest BCUT2D eigenvalue weighted by Crippen LogP contribution is 2.24. The van der Waals surface area contributed by atoms with E-state index in [2.05, 4.69) is 5.32 Å². The zero-order valence-electron chi connectivity index (χ0n) is 12.8. The topological polar surface area (TPSA) is 107 Å². The SMILES string of the molecule is CC(C)(C)OC(=O)NC(CN)Cc1cc(Cl)ccc1[N+](=O)[O-]. The van der Waals surface area contributed by atoms with Crippen LogP contribution in [-0.2, 0) is 11.2 Å². The summed E-state index contributed by atoms with van der Waals surface area (Å²) in [5.74, 6) is 0. The molecule has 0 fully saturated rings. The summed E-state index contributed by atoms with van der Waals surface area (Å²) in [5.41, 5.74) is 5.34. The van der Waals surface area contributed by atoms with Crippen molar-refractivity contribution >= 4 is 23.4 Å². The number of amides is 1. The van der Waals surface area contributed by atoms with Gasteiger partial charge in [-0.15, -0.1) is 0 Å². The number of nitrogens with two attached hydrogens (primary N) is 1. The molecule has 0 aliphatic carbocycles. The molecule has 0 aromatic heterocycles. The van der Waals surface area contributed by atoms with Crippen LogP contribution in [0.5, 0.6) is 0 Å². The number of nitro benzene ring substituents is 1. The predicted octanol–water partition coefficient (Wildman–Crippen LogP) is 2.64. The van der Waals surface area contributed by atoms with E-state index in [1.165, 1.54) is 18.2 Å². The predicted molar refractivity (Wildman–Crippen MR) is 84.0 cm³/mol. The maximum atomic E-state index is 11.8. The van der Waals surface area contributed by atoms with Gasteiger partial charge in [-0.1, -0.05) is 11.6 Å². The van der Waals surface area contributed by atoms with Crippen molar-refractivity contribution < 1.29 is 14.5 Å². The Morgan fingerprint density at radius 1 is 1.50 bits per heavy atom. The van der Waals surface area contributed by atoms with Crippen molar-refractivity contribution in [3.05, 3.63) is 38.9 Å². The van der Waals surface area contributed by atoms with E-state index >= 15 is 0 Å². The van der Waals surface area contributed by atoms with Gasteiger partial charge in [0.1, 0.15) is 5.60 Å². The molecule has 0 saturated carbocycles. The molecule has 8 heteroatoms. The Hall–Kier alpha value is -1.86. The fourth-order valence-corrected chi connectivity index (χ4v) is 2.02. The van der Waals surface area contributed by atoms with Crippen molar-refractivity contribution in [2.45, 2.75) is 38.8 Å². The minimum absolute atomic E-state index is 0.0613. The van der Waals surface area contributed by atoms with E-state index in [1.807, 2.05) is 0 Å². The van der Waals surface area contributed by atoms with Crippen molar-refractivity contribution in [2.75, 3.05) is 6.54 Å². The average molecular weight is 330 g/mol. The quantitative estimate of drug-likeness (QED) is 0.637. The summed E-state index contributed by atoms with van der Waals surface area (Å²) in [4.78, 5) is 22.3. The Kier molecular flexibility index (Phi) is 6.13. The average Bonchev–Trinajstić information content (AvgIpc) is 2.35. The molecule has 0 spiro atoms. The van der Waals surface area contributed by atoms with E-state index in [9.17, 15) is 14.9 Å². The standard InChI is InChI=1S/C14H20ClN3O4/c1-14(2,3)22-13(19)17-11(8-16)7-9-6-10(15)4-5-12(9)18(20)21/h4-6,11H,7-8,16H2,1-3H3,(H,17,19). The maximum Gasteiger partial charge on any atom is 0.407 e. The number of rotatable bonds is 5. The van der Waals surface area contributed by atoms with Gasteiger partial charge in [0.2, 0.25) is 0 Å². The number of carbonyl (C=O) groups excluding carboxylic acids is 1. The molecule has 7 nitrogen and oxygen atoms in total. The van der Waals surface area contributed by atoms with E-state index in [1.54, 1.807) is 20.8 Å². The van der Waals surface area contributed by atoms with Crippen LogP contribution in [0.25, 0.3) is 0 Å². The van der Waals surface area contributed by atoms with Gasteiger partial charge >= 0.3 is 6.09 Å². The smallest absolute Gasteiger partial charge is 0.407 e. The summed E-state index contributed by atoms with van der Waals surface area (Å²) in [6, 6.07) is 3.78. The zero-order chi connectivity index (χ0) is 16.9. The van der Waals surface area contributed by atoms with E-state index in [0.717, 1.165) is 0 Å². The Labute approximate surface area is 133 Å². The van der Waals surface area contributed by atoms with Crippen molar-refractivity contribution in [3.8, 4) is 0 Å². The Balaban J connectivity index is 2.84. The highest BCUT2D eigenvalue weighted by Gasteiger charge is 2.22. The second-order valence-corrected chi connectivity index (χ2v) is 6.25. The number of carbonyl (C=O) groups is 1. The largest absolute Gasteiger partial charge is 0.444 e. The number of hydrogen-bond donors (Lipinski definition) is 2. The first-order valence-corrected chi connectivity index (χ1v) is 7.12. The third-order valence-corrected chi connectivity index (χ3v) is 2.95.